The van der Waals surface area contributed by atoms with Gasteiger partial charge in [0.15, 0.2) is 0 Å². The highest BCUT2D eigenvalue weighted by molar-refractivity contribution is 6.21. The average Bonchev–Trinajstić information content (AvgIpc) is 2.74. The van der Waals surface area contributed by atoms with Crippen LogP contribution in [0.5, 0.6) is 0 Å². The number of hydrogen-bond donors (Lipinski definition) is 0. The Morgan fingerprint density at radius 3 is 2.74 bits per heavy atom. The molecule has 1 aromatic rings. The number of amides is 1. The molecule has 3 heteroatoms. The lowest BCUT2D eigenvalue weighted by Gasteiger charge is -2.26. The van der Waals surface area contributed by atoms with Gasteiger partial charge in [-0.3, -0.25) is 4.79 Å². The van der Waals surface area contributed by atoms with Crippen molar-refractivity contribution in [3.05, 3.63) is 29.3 Å². The van der Waals surface area contributed by atoms with Crippen molar-refractivity contribution in [3.63, 3.8) is 0 Å². The largest absolute Gasteiger partial charge is 0.315 e. The minimum Gasteiger partial charge on any atom is -0.315 e. The average molecular weight is 278 g/mol. The molecule has 1 saturated carbocycles. The Kier molecular flexibility index (Phi) is 3.53. The standard InChI is InChI=1S/C16H20ClNO/c1-18-14-8-7-12(9-13(14)10-15(18)19)16(17)11-5-3-2-4-6-11/h7-9,11,16H,2-6,10H2,1H3. The summed E-state index contributed by atoms with van der Waals surface area (Å²) in [6.07, 6.45) is 6.96. The van der Waals surface area contributed by atoms with E-state index in [-0.39, 0.29) is 11.3 Å². The zero-order valence-electron chi connectivity index (χ0n) is 11.4. The number of carbonyl (C=O) groups is 1. The van der Waals surface area contributed by atoms with Gasteiger partial charge in [0.2, 0.25) is 5.91 Å². The van der Waals surface area contributed by atoms with Gasteiger partial charge in [-0.1, -0.05) is 31.4 Å². The van der Waals surface area contributed by atoms with Gasteiger partial charge in [0, 0.05) is 12.7 Å². The highest BCUT2D eigenvalue weighted by atomic mass is 35.5. The lowest BCUT2D eigenvalue weighted by Crippen LogP contribution is -2.20. The van der Waals surface area contributed by atoms with Gasteiger partial charge < -0.3 is 4.90 Å². The number of halogens is 1. The van der Waals surface area contributed by atoms with E-state index in [1.165, 1.54) is 37.7 Å². The highest BCUT2D eigenvalue weighted by Crippen LogP contribution is 2.40. The van der Waals surface area contributed by atoms with Crippen molar-refractivity contribution in [3.8, 4) is 0 Å². The van der Waals surface area contributed by atoms with Crippen molar-refractivity contribution in [2.24, 2.45) is 5.92 Å². The molecule has 0 N–H and O–H groups in total. The molecule has 0 bridgehead atoms. The van der Waals surface area contributed by atoms with Crippen molar-refractivity contribution in [1.29, 1.82) is 0 Å². The summed E-state index contributed by atoms with van der Waals surface area (Å²) in [5, 5.41) is 0.103. The highest BCUT2D eigenvalue weighted by Gasteiger charge is 2.27. The molecule has 3 rings (SSSR count). The molecule has 102 valence electrons. The van der Waals surface area contributed by atoms with Crippen LogP contribution in [0.4, 0.5) is 5.69 Å². The molecule has 1 fully saturated rings. The molecule has 0 aromatic heterocycles. The third-order valence-corrected chi connectivity index (χ3v) is 5.17. The Balaban J connectivity index is 1.82. The van der Waals surface area contributed by atoms with Crippen LogP contribution in [0.2, 0.25) is 0 Å². The fraction of sp³-hybridized carbons (Fsp3) is 0.562. The minimum absolute atomic E-state index is 0.103. The number of alkyl halides is 1. The maximum atomic E-state index is 11.7. The summed E-state index contributed by atoms with van der Waals surface area (Å²) in [5.74, 6) is 0.777. The first-order valence-corrected chi connectivity index (χ1v) is 7.64. The Morgan fingerprint density at radius 2 is 2.00 bits per heavy atom. The first-order valence-electron chi connectivity index (χ1n) is 7.20. The van der Waals surface area contributed by atoms with Crippen LogP contribution in [0.15, 0.2) is 18.2 Å². The first-order chi connectivity index (χ1) is 9.16. The molecule has 0 spiro atoms. The predicted octanol–water partition coefficient (Wildman–Crippen LogP) is 4.07. The first kappa shape index (κ1) is 13.0. The van der Waals surface area contributed by atoms with Crippen LogP contribution in [0.3, 0.4) is 0 Å². The second-order valence-electron chi connectivity index (χ2n) is 5.82. The van der Waals surface area contributed by atoms with Crippen molar-refractivity contribution < 1.29 is 4.79 Å². The Hall–Kier alpha value is -1.02. The molecule has 1 amide bonds. The van der Waals surface area contributed by atoms with E-state index >= 15 is 0 Å². The van der Waals surface area contributed by atoms with Crippen molar-refractivity contribution in [2.45, 2.75) is 43.9 Å². The van der Waals surface area contributed by atoms with Crippen LogP contribution in [0.25, 0.3) is 0 Å². The van der Waals surface area contributed by atoms with Gasteiger partial charge in [-0.15, -0.1) is 11.6 Å². The van der Waals surface area contributed by atoms with Crippen LogP contribution >= 0.6 is 11.6 Å². The Morgan fingerprint density at radius 1 is 1.26 bits per heavy atom. The smallest absolute Gasteiger partial charge is 0.231 e. The number of likely N-dealkylation sites (N-methyl/N-ethyl adjacent to an activating group) is 1. The second-order valence-corrected chi connectivity index (χ2v) is 6.29. The zero-order chi connectivity index (χ0) is 13.4. The molecule has 1 heterocycles. The number of carbonyl (C=O) groups excluding carboxylic acids is 1. The van der Waals surface area contributed by atoms with E-state index in [4.69, 9.17) is 11.6 Å². The quantitative estimate of drug-likeness (QED) is 0.747. The van der Waals surface area contributed by atoms with Gasteiger partial charge >= 0.3 is 0 Å². The number of hydrogen-bond acceptors (Lipinski definition) is 1. The summed E-state index contributed by atoms with van der Waals surface area (Å²) in [7, 11) is 1.84. The fourth-order valence-electron chi connectivity index (χ4n) is 3.36. The lowest BCUT2D eigenvalue weighted by atomic mass is 9.84. The van der Waals surface area contributed by atoms with E-state index in [2.05, 4.69) is 12.1 Å². The zero-order valence-corrected chi connectivity index (χ0v) is 12.1. The number of fused-ring (bicyclic) bond motifs is 1. The molecule has 1 aromatic carbocycles. The van der Waals surface area contributed by atoms with E-state index < -0.39 is 0 Å². The molecular weight excluding hydrogens is 258 g/mol. The van der Waals surface area contributed by atoms with Crippen LogP contribution in [-0.2, 0) is 11.2 Å². The molecule has 1 unspecified atom stereocenters. The predicted molar refractivity (Wildman–Crippen MR) is 78.7 cm³/mol. The van der Waals surface area contributed by atoms with E-state index in [0.29, 0.717) is 12.3 Å². The molecule has 0 saturated heterocycles. The number of rotatable bonds is 2. The van der Waals surface area contributed by atoms with Gasteiger partial charge in [0.25, 0.3) is 0 Å². The molecule has 2 aliphatic rings. The molecule has 2 nitrogen and oxygen atoms in total. The third-order valence-electron chi connectivity index (χ3n) is 4.56. The van der Waals surface area contributed by atoms with Gasteiger partial charge in [0.1, 0.15) is 0 Å². The molecular formula is C16H20ClNO. The summed E-state index contributed by atoms with van der Waals surface area (Å²) >= 11 is 6.66. The van der Waals surface area contributed by atoms with Gasteiger partial charge in [-0.2, -0.15) is 0 Å². The van der Waals surface area contributed by atoms with E-state index in [0.717, 1.165) is 11.3 Å². The fourth-order valence-corrected chi connectivity index (χ4v) is 3.75. The monoisotopic (exact) mass is 277 g/mol. The van der Waals surface area contributed by atoms with E-state index in [9.17, 15) is 4.79 Å². The van der Waals surface area contributed by atoms with Crippen molar-refractivity contribution in [1.82, 2.24) is 0 Å². The summed E-state index contributed by atoms with van der Waals surface area (Å²) < 4.78 is 0. The van der Waals surface area contributed by atoms with Gasteiger partial charge in [-0.25, -0.2) is 0 Å². The normalized spacial score (nSPS) is 21.6. The van der Waals surface area contributed by atoms with Crippen LogP contribution < -0.4 is 4.90 Å². The maximum absolute atomic E-state index is 11.7. The maximum Gasteiger partial charge on any atom is 0.231 e. The molecule has 0 radical (unpaired) electrons. The molecule has 19 heavy (non-hydrogen) atoms. The minimum atomic E-state index is 0.103. The summed E-state index contributed by atoms with van der Waals surface area (Å²) in [4.78, 5) is 13.4. The molecule has 1 aliphatic carbocycles. The molecule has 1 atom stereocenters. The third kappa shape index (κ3) is 2.38. The van der Waals surface area contributed by atoms with E-state index in [1.807, 2.05) is 13.1 Å². The number of nitrogens with zero attached hydrogens (tertiary/aromatic N) is 1. The van der Waals surface area contributed by atoms with Crippen molar-refractivity contribution >= 4 is 23.2 Å². The SMILES string of the molecule is CN1C(=O)Cc2cc(C(Cl)C3CCCCC3)ccc21. The van der Waals surface area contributed by atoms with Gasteiger partial charge in [0.05, 0.1) is 11.8 Å². The Bertz CT molecular complexity index is 494. The number of benzene rings is 1. The topological polar surface area (TPSA) is 20.3 Å². The summed E-state index contributed by atoms with van der Waals surface area (Å²) in [6, 6.07) is 6.29. The van der Waals surface area contributed by atoms with Crippen LogP contribution in [0, 0.1) is 5.92 Å². The lowest BCUT2D eigenvalue weighted by molar-refractivity contribution is -0.117. The molecule has 1 aliphatic heterocycles. The van der Waals surface area contributed by atoms with Crippen LogP contribution in [0.1, 0.15) is 48.6 Å². The van der Waals surface area contributed by atoms with Gasteiger partial charge in [-0.05, 0) is 36.0 Å². The second kappa shape index (κ2) is 5.16. The number of anilines is 1. The Labute approximate surface area is 119 Å². The van der Waals surface area contributed by atoms with Crippen LogP contribution in [-0.4, -0.2) is 13.0 Å². The van der Waals surface area contributed by atoms with Crippen molar-refractivity contribution in [2.75, 3.05) is 11.9 Å². The summed E-state index contributed by atoms with van der Waals surface area (Å²) in [5.41, 5.74) is 3.36. The van der Waals surface area contributed by atoms with E-state index in [1.54, 1.807) is 4.90 Å². The summed E-state index contributed by atoms with van der Waals surface area (Å²) in [6.45, 7) is 0.